The van der Waals surface area contributed by atoms with Crippen LogP contribution in [-0.4, -0.2) is 42.3 Å². The molecule has 0 heterocycles. The highest BCUT2D eigenvalue weighted by molar-refractivity contribution is 5.93. The lowest BCUT2D eigenvalue weighted by Gasteiger charge is -2.61. The Morgan fingerprint density at radius 1 is 1.14 bits per heavy atom. The standard InChI is InChI=1S/C24H38O5/c1-12-11-22(5)16(17(12)29-13(2)25)18(26)23(6)10-9-14-15(21(14,3)4)19(28-8)24(23,7)20(22)27/h12,14-19,26H,9-11H2,1-8H3/t12-,14+,15+,16-,17+,18-,19-,22+,23+,24-/m1/s1. The van der Waals surface area contributed by atoms with Gasteiger partial charge in [0.1, 0.15) is 11.9 Å². The van der Waals surface area contributed by atoms with Crippen molar-refractivity contribution in [2.75, 3.05) is 7.11 Å². The summed E-state index contributed by atoms with van der Waals surface area (Å²) in [5.41, 5.74) is -1.94. The van der Waals surface area contributed by atoms with Gasteiger partial charge < -0.3 is 14.6 Å². The largest absolute Gasteiger partial charge is 0.462 e. The number of fused-ring (bicyclic) bond motifs is 3. The zero-order chi connectivity index (χ0) is 21.7. The number of rotatable bonds is 2. The van der Waals surface area contributed by atoms with E-state index in [0.29, 0.717) is 18.3 Å². The summed E-state index contributed by atoms with van der Waals surface area (Å²) in [6.07, 6.45) is 1.05. The fourth-order valence-electron chi connectivity index (χ4n) is 8.34. The minimum Gasteiger partial charge on any atom is -0.462 e. The molecule has 5 nitrogen and oxygen atoms in total. The molecule has 4 fully saturated rings. The molecule has 4 aliphatic rings. The number of aliphatic hydroxyl groups excluding tert-OH is 1. The Bertz CT molecular complexity index is 746. The summed E-state index contributed by atoms with van der Waals surface area (Å²) in [5.74, 6) is 0.365. The summed E-state index contributed by atoms with van der Waals surface area (Å²) < 4.78 is 11.8. The predicted molar refractivity (Wildman–Crippen MR) is 109 cm³/mol. The van der Waals surface area contributed by atoms with Crippen molar-refractivity contribution < 1.29 is 24.2 Å². The van der Waals surface area contributed by atoms with Crippen LogP contribution < -0.4 is 0 Å². The van der Waals surface area contributed by atoms with Gasteiger partial charge in [-0.3, -0.25) is 9.59 Å². The van der Waals surface area contributed by atoms with Crippen LogP contribution in [0.4, 0.5) is 0 Å². The number of ether oxygens (including phenoxy) is 2. The summed E-state index contributed by atoms with van der Waals surface area (Å²) in [4.78, 5) is 26.2. The van der Waals surface area contributed by atoms with Crippen LogP contribution >= 0.6 is 0 Å². The third-order valence-electron chi connectivity index (χ3n) is 10.1. The number of esters is 1. The van der Waals surface area contributed by atoms with Gasteiger partial charge >= 0.3 is 5.97 Å². The molecule has 164 valence electrons. The molecule has 4 saturated carbocycles. The van der Waals surface area contributed by atoms with Crippen LogP contribution in [0.2, 0.25) is 0 Å². The summed E-state index contributed by atoms with van der Waals surface area (Å²) >= 11 is 0. The molecule has 0 aliphatic heterocycles. The molecule has 5 heteroatoms. The van der Waals surface area contributed by atoms with Crippen LogP contribution in [0, 0.1) is 45.3 Å². The summed E-state index contributed by atoms with van der Waals surface area (Å²) in [6.45, 7) is 14.1. The second-order valence-corrected chi connectivity index (χ2v) is 11.7. The first-order valence-corrected chi connectivity index (χ1v) is 11.2. The molecule has 29 heavy (non-hydrogen) atoms. The van der Waals surface area contributed by atoms with Crippen LogP contribution in [0.15, 0.2) is 0 Å². The highest BCUT2D eigenvalue weighted by Gasteiger charge is 2.78. The van der Waals surface area contributed by atoms with Crippen molar-refractivity contribution in [2.45, 2.75) is 86.0 Å². The van der Waals surface area contributed by atoms with Gasteiger partial charge in [-0.1, -0.05) is 34.6 Å². The van der Waals surface area contributed by atoms with Crippen LogP contribution in [0.5, 0.6) is 0 Å². The van der Waals surface area contributed by atoms with E-state index in [-0.39, 0.29) is 35.1 Å². The number of carbonyl (C=O) groups is 2. The van der Waals surface area contributed by atoms with Gasteiger partial charge in [-0.25, -0.2) is 0 Å². The van der Waals surface area contributed by atoms with Crippen molar-refractivity contribution in [1.29, 1.82) is 0 Å². The Morgan fingerprint density at radius 2 is 1.76 bits per heavy atom. The van der Waals surface area contributed by atoms with Crippen molar-refractivity contribution >= 4 is 11.8 Å². The first-order valence-electron chi connectivity index (χ1n) is 11.2. The van der Waals surface area contributed by atoms with Gasteiger partial charge in [-0.2, -0.15) is 0 Å². The van der Waals surface area contributed by atoms with Crippen LogP contribution in [-0.2, 0) is 19.1 Å². The fraction of sp³-hybridized carbons (Fsp3) is 0.917. The monoisotopic (exact) mass is 406 g/mol. The Morgan fingerprint density at radius 3 is 2.31 bits per heavy atom. The Balaban J connectivity index is 1.85. The molecule has 0 aromatic carbocycles. The van der Waals surface area contributed by atoms with Crippen molar-refractivity contribution in [3.63, 3.8) is 0 Å². The maximum absolute atomic E-state index is 14.4. The van der Waals surface area contributed by atoms with Gasteiger partial charge in [0.25, 0.3) is 0 Å². The minimum atomic E-state index is -0.773. The fourth-order valence-corrected chi connectivity index (χ4v) is 8.34. The van der Waals surface area contributed by atoms with E-state index >= 15 is 0 Å². The lowest BCUT2D eigenvalue weighted by Crippen LogP contribution is -2.69. The zero-order valence-corrected chi connectivity index (χ0v) is 19.2. The molecule has 0 aromatic heterocycles. The maximum atomic E-state index is 14.4. The van der Waals surface area contributed by atoms with E-state index in [2.05, 4.69) is 27.7 Å². The van der Waals surface area contributed by atoms with E-state index in [4.69, 9.17) is 9.47 Å². The molecule has 4 rings (SSSR count). The molecule has 1 N–H and O–H groups in total. The van der Waals surface area contributed by atoms with E-state index in [9.17, 15) is 14.7 Å². The molecule has 10 atom stereocenters. The first-order chi connectivity index (χ1) is 13.3. The smallest absolute Gasteiger partial charge is 0.302 e. The average Bonchev–Trinajstić information content (AvgIpc) is 3.09. The van der Waals surface area contributed by atoms with E-state index in [1.165, 1.54) is 6.92 Å². The predicted octanol–water partition coefficient (Wildman–Crippen LogP) is 3.62. The molecule has 0 saturated heterocycles. The van der Waals surface area contributed by atoms with Gasteiger partial charge in [0.15, 0.2) is 0 Å². The number of aliphatic hydroxyl groups is 1. The lowest BCUT2D eigenvalue weighted by molar-refractivity contribution is -0.219. The summed E-state index contributed by atoms with van der Waals surface area (Å²) in [7, 11) is 1.72. The van der Waals surface area contributed by atoms with Crippen molar-refractivity contribution in [2.24, 2.45) is 45.3 Å². The molecular formula is C24H38O5. The van der Waals surface area contributed by atoms with E-state index < -0.39 is 28.5 Å². The third kappa shape index (κ3) is 2.35. The van der Waals surface area contributed by atoms with Crippen LogP contribution in [0.1, 0.15) is 67.7 Å². The molecule has 0 bridgehead atoms. The maximum Gasteiger partial charge on any atom is 0.302 e. The molecule has 0 radical (unpaired) electrons. The van der Waals surface area contributed by atoms with Gasteiger partial charge in [0, 0.05) is 30.8 Å². The van der Waals surface area contributed by atoms with Crippen molar-refractivity contribution in [3.8, 4) is 0 Å². The highest BCUT2D eigenvalue weighted by Crippen LogP contribution is 2.74. The number of hydrogen-bond acceptors (Lipinski definition) is 5. The van der Waals surface area contributed by atoms with Gasteiger partial charge in [-0.05, 0) is 49.4 Å². The van der Waals surface area contributed by atoms with Crippen molar-refractivity contribution in [3.05, 3.63) is 0 Å². The van der Waals surface area contributed by atoms with Crippen LogP contribution in [0.3, 0.4) is 0 Å². The Labute approximate surface area is 174 Å². The number of hydrogen-bond donors (Lipinski definition) is 1. The highest BCUT2D eigenvalue weighted by atomic mass is 16.5. The Kier molecular flexibility index (Phi) is 4.45. The summed E-state index contributed by atoms with van der Waals surface area (Å²) in [6, 6.07) is 0. The van der Waals surface area contributed by atoms with E-state index in [1.807, 2.05) is 13.8 Å². The average molecular weight is 407 g/mol. The van der Waals surface area contributed by atoms with Gasteiger partial charge in [-0.15, -0.1) is 0 Å². The number of methoxy groups -OCH3 is 1. The zero-order valence-electron chi connectivity index (χ0n) is 19.2. The van der Waals surface area contributed by atoms with E-state index in [0.717, 1.165) is 12.8 Å². The van der Waals surface area contributed by atoms with Crippen LogP contribution in [0.25, 0.3) is 0 Å². The van der Waals surface area contributed by atoms with Gasteiger partial charge in [0.2, 0.25) is 0 Å². The third-order valence-corrected chi connectivity index (χ3v) is 10.1. The lowest BCUT2D eigenvalue weighted by atomic mass is 9.44. The van der Waals surface area contributed by atoms with Gasteiger partial charge in [0.05, 0.1) is 17.6 Å². The molecular weight excluding hydrogens is 368 g/mol. The topological polar surface area (TPSA) is 72.8 Å². The molecule has 0 amide bonds. The Hall–Kier alpha value is -0.940. The summed E-state index contributed by atoms with van der Waals surface area (Å²) in [5, 5.41) is 11.9. The minimum absolute atomic E-state index is 0.0353. The SMILES string of the molecule is CO[C@@H]1[C@@H]2[C@H](CC[C@@]3(C)[C@H](O)[C@H]4[C@@H](OC(C)=O)[C@H](C)C[C@]4(C)C(=O)[C@@]13C)C2(C)C. The normalized spacial score (nSPS) is 55.3. The van der Waals surface area contributed by atoms with E-state index in [1.54, 1.807) is 7.11 Å². The number of Topliss-reactive ketones (excluding diaryl/α,β-unsaturated/α-hetero) is 1. The van der Waals surface area contributed by atoms with Crippen molar-refractivity contribution in [1.82, 2.24) is 0 Å². The second-order valence-electron chi connectivity index (χ2n) is 11.7. The molecule has 0 unspecified atom stereocenters. The molecule has 0 aromatic rings. The quantitative estimate of drug-likeness (QED) is 0.709. The first kappa shape index (κ1) is 21.3. The number of carbonyl (C=O) groups excluding carboxylic acids is 2. The molecule has 4 aliphatic carbocycles. The number of ketones is 1. The molecule has 0 spiro atoms. The second kappa shape index (κ2) is 6.06.